The minimum Gasteiger partial charge on any atom is -0.0785 e. The van der Waals surface area contributed by atoms with Gasteiger partial charge in [-0.1, -0.05) is 91.9 Å². The second-order valence-electron chi connectivity index (χ2n) is 7.80. The normalized spacial score (nSPS) is 20.7. The highest BCUT2D eigenvalue weighted by Gasteiger charge is 2.53. The molecular formula is C26H20. The Hall–Kier alpha value is -2.86. The van der Waals surface area contributed by atoms with E-state index in [4.69, 9.17) is 0 Å². The summed E-state index contributed by atoms with van der Waals surface area (Å²) in [5.41, 5.74) is 11.3. The van der Waals surface area contributed by atoms with Crippen LogP contribution in [0.25, 0.3) is 16.7 Å². The maximum absolute atomic E-state index is 2.51. The Kier molecular flexibility index (Phi) is 2.68. The number of hydrogen-bond donors (Lipinski definition) is 0. The van der Waals surface area contributed by atoms with Crippen LogP contribution in [0.4, 0.5) is 0 Å². The van der Waals surface area contributed by atoms with E-state index >= 15 is 0 Å². The standard InChI is InChI=1S/C26H20/c1-17-14-15-25-21(16-17)20-10-4-7-13-24(20)26(25)22-11-5-2-8-18(22)19-9-3-6-12-23(19)26/h2-13,15-17H,14H2,1H3/t17-/m1/s1. The number of rotatable bonds is 0. The second kappa shape index (κ2) is 4.86. The smallest absolute Gasteiger partial charge is 0.0722 e. The Morgan fingerprint density at radius 2 is 1.19 bits per heavy atom. The monoisotopic (exact) mass is 332 g/mol. The summed E-state index contributed by atoms with van der Waals surface area (Å²) in [6, 6.07) is 27.0. The first-order valence-corrected chi connectivity index (χ1v) is 9.54. The fourth-order valence-electron chi connectivity index (χ4n) is 5.45. The molecule has 26 heavy (non-hydrogen) atoms. The third-order valence-corrected chi connectivity index (χ3v) is 6.41. The van der Waals surface area contributed by atoms with Crippen LogP contribution in [0.1, 0.15) is 35.6 Å². The molecule has 3 aromatic rings. The maximum Gasteiger partial charge on any atom is 0.0722 e. The van der Waals surface area contributed by atoms with Crippen molar-refractivity contribution < 1.29 is 0 Å². The van der Waals surface area contributed by atoms with E-state index < -0.39 is 0 Å². The quantitative estimate of drug-likeness (QED) is 0.449. The van der Waals surface area contributed by atoms with Gasteiger partial charge in [-0.2, -0.15) is 0 Å². The Morgan fingerprint density at radius 1 is 0.692 bits per heavy atom. The zero-order valence-corrected chi connectivity index (χ0v) is 14.9. The van der Waals surface area contributed by atoms with E-state index in [0.717, 1.165) is 6.42 Å². The van der Waals surface area contributed by atoms with Crippen LogP contribution in [-0.2, 0) is 5.41 Å². The van der Waals surface area contributed by atoms with Crippen LogP contribution in [0, 0.1) is 5.92 Å². The number of allylic oxidation sites excluding steroid dienone is 4. The van der Waals surface area contributed by atoms with E-state index in [0.29, 0.717) is 5.92 Å². The lowest BCUT2D eigenvalue weighted by atomic mass is 9.69. The molecule has 0 nitrogen and oxygen atoms in total. The van der Waals surface area contributed by atoms with Crippen LogP contribution in [0.5, 0.6) is 0 Å². The highest BCUT2D eigenvalue weighted by Crippen LogP contribution is 2.64. The molecule has 0 bridgehead atoms. The molecule has 1 atom stereocenters. The molecule has 0 saturated heterocycles. The summed E-state index contributed by atoms with van der Waals surface area (Å²) in [6.45, 7) is 2.32. The van der Waals surface area contributed by atoms with Crippen LogP contribution in [0.3, 0.4) is 0 Å². The van der Waals surface area contributed by atoms with E-state index in [1.807, 2.05) is 0 Å². The van der Waals surface area contributed by atoms with Crippen LogP contribution < -0.4 is 0 Å². The van der Waals surface area contributed by atoms with Crippen LogP contribution in [-0.4, -0.2) is 0 Å². The summed E-state index contributed by atoms with van der Waals surface area (Å²) in [6.07, 6.45) is 6.13. The lowest BCUT2D eigenvalue weighted by Crippen LogP contribution is -2.26. The molecule has 0 amide bonds. The fourth-order valence-corrected chi connectivity index (χ4v) is 5.45. The third kappa shape index (κ3) is 1.52. The zero-order valence-electron chi connectivity index (χ0n) is 14.9. The van der Waals surface area contributed by atoms with E-state index in [1.165, 1.54) is 44.5 Å². The number of hydrogen-bond acceptors (Lipinski definition) is 0. The molecule has 0 heteroatoms. The maximum atomic E-state index is 2.51. The molecule has 124 valence electrons. The molecule has 3 aliphatic carbocycles. The van der Waals surface area contributed by atoms with Crippen molar-refractivity contribution in [2.75, 3.05) is 0 Å². The van der Waals surface area contributed by atoms with E-state index in [9.17, 15) is 0 Å². The van der Waals surface area contributed by atoms with Gasteiger partial charge in [0.05, 0.1) is 5.41 Å². The van der Waals surface area contributed by atoms with Crippen molar-refractivity contribution in [1.82, 2.24) is 0 Å². The summed E-state index contributed by atoms with van der Waals surface area (Å²) in [5.74, 6) is 0.601. The summed E-state index contributed by atoms with van der Waals surface area (Å²) in [4.78, 5) is 0. The first-order chi connectivity index (χ1) is 12.8. The molecule has 0 fully saturated rings. The van der Waals surface area contributed by atoms with E-state index in [-0.39, 0.29) is 5.41 Å². The lowest BCUT2D eigenvalue weighted by molar-refractivity contribution is 0.711. The van der Waals surface area contributed by atoms with E-state index in [2.05, 4.69) is 91.9 Å². The van der Waals surface area contributed by atoms with Crippen LogP contribution in [0.2, 0.25) is 0 Å². The van der Waals surface area contributed by atoms with Gasteiger partial charge >= 0.3 is 0 Å². The van der Waals surface area contributed by atoms with Gasteiger partial charge in [0, 0.05) is 0 Å². The van der Waals surface area contributed by atoms with Gasteiger partial charge < -0.3 is 0 Å². The first-order valence-electron chi connectivity index (χ1n) is 9.54. The largest absolute Gasteiger partial charge is 0.0785 e. The molecule has 1 spiro atoms. The molecule has 0 unspecified atom stereocenters. The molecule has 6 rings (SSSR count). The van der Waals surface area contributed by atoms with Crippen molar-refractivity contribution in [1.29, 1.82) is 0 Å². The molecule has 0 heterocycles. The Morgan fingerprint density at radius 3 is 1.81 bits per heavy atom. The van der Waals surface area contributed by atoms with Crippen molar-refractivity contribution >= 4 is 5.57 Å². The van der Waals surface area contributed by atoms with Crippen molar-refractivity contribution in [2.45, 2.75) is 18.8 Å². The van der Waals surface area contributed by atoms with Gasteiger partial charge in [-0.15, -0.1) is 0 Å². The topological polar surface area (TPSA) is 0 Å². The van der Waals surface area contributed by atoms with Gasteiger partial charge in [0.1, 0.15) is 0 Å². The van der Waals surface area contributed by atoms with Gasteiger partial charge in [0.2, 0.25) is 0 Å². The summed E-state index contributed by atoms with van der Waals surface area (Å²) >= 11 is 0. The van der Waals surface area contributed by atoms with Gasteiger partial charge in [-0.3, -0.25) is 0 Å². The van der Waals surface area contributed by atoms with E-state index in [1.54, 1.807) is 0 Å². The lowest BCUT2D eigenvalue weighted by Gasteiger charge is -2.32. The molecule has 0 radical (unpaired) electrons. The molecule has 3 aromatic carbocycles. The van der Waals surface area contributed by atoms with Crippen molar-refractivity contribution in [2.24, 2.45) is 5.92 Å². The minimum atomic E-state index is -0.143. The molecule has 0 aliphatic heterocycles. The number of fused-ring (bicyclic) bond motifs is 10. The number of benzene rings is 3. The van der Waals surface area contributed by atoms with Crippen molar-refractivity contribution in [3.63, 3.8) is 0 Å². The molecular weight excluding hydrogens is 312 g/mol. The molecule has 3 aliphatic rings. The van der Waals surface area contributed by atoms with Crippen LogP contribution in [0.15, 0.2) is 90.5 Å². The SMILES string of the molecule is C[C@H]1C=C2C(=CC1)C1(c3ccccc32)c2ccccc2-c2ccccc21. The van der Waals surface area contributed by atoms with Gasteiger partial charge in [0.25, 0.3) is 0 Å². The molecule has 0 saturated carbocycles. The molecule has 0 N–H and O–H groups in total. The van der Waals surface area contributed by atoms with Gasteiger partial charge in [0.15, 0.2) is 0 Å². The Balaban J connectivity index is 1.82. The average molecular weight is 332 g/mol. The Labute approximate surface area is 154 Å². The summed E-state index contributed by atoms with van der Waals surface area (Å²) < 4.78 is 0. The average Bonchev–Trinajstić information content (AvgIpc) is 3.15. The highest BCUT2D eigenvalue weighted by atomic mass is 14.5. The predicted molar refractivity (Wildman–Crippen MR) is 108 cm³/mol. The van der Waals surface area contributed by atoms with Crippen molar-refractivity contribution in [3.05, 3.63) is 113 Å². The summed E-state index contributed by atoms with van der Waals surface area (Å²) in [5, 5.41) is 0. The van der Waals surface area contributed by atoms with Crippen molar-refractivity contribution in [3.8, 4) is 11.1 Å². The van der Waals surface area contributed by atoms with Crippen LogP contribution >= 0.6 is 0 Å². The minimum absolute atomic E-state index is 0.143. The fraction of sp³-hybridized carbons (Fsp3) is 0.154. The second-order valence-corrected chi connectivity index (χ2v) is 7.80. The predicted octanol–water partition coefficient (Wildman–Crippen LogP) is 6.36. The zero-order chi connectivity index (χ0) is 17.3. The molecule has 0 aromatic heterocycles. The summed E-state index contributed by atoms with van der Waals surface area (Å²) in [7, 11) is 0. The third-order valence-electron chi connectivity index (χ3n) is 6.41. The highest BCUT2D eigenvalue weighted by molar-refractivity contribution is 6.00. The van der Waals surface area contributed by atoms with Gasteiger partial charge in [-0.05, 0) is 56.9 Å². The Bertz CT molecular complexity index is 1080. The first kappa shape index (κ1) is 14.3. The van der Waals surface area contributed by atoms with Gasteiger partial charge in [-0.25, -0.2) is 0 Å².